The Balaban J connectivity index is 2.28. The Bertz CT molecular complexity index is 419. The second-order valence-electron chi connectivity index (χ2n) is 3.23. The number of hydrogen-bond acceptors (Lipinski definition) is 3. The Morgan fingerprint density at radius 1 is 1.36 bits per heavy atom. The Labute approximate surface area is 84.3 Å². The van der Waals surface area contributed by atoms with E-state index < -0.39 is 0 Å². The van der Waals surface area contributed by atoms with Gasteiger partial charge in [0.05, 0.1) is 6.04 Å². The lowest BCUT2D eigenvalue weighted by atomic mass is 10.1. The highest BCUT2D eigenvalue weighted by Gasteiger charge is 2.21. The molecule has 1 atom stereocenters. The first kappa shape index (κ1) is 9.20. The van der Waals surface area contributed by atoms with Gasteiger partial charge in [-0.2, -0.15) is 0 Å². The van der Waals surface area contributed by atoms with E-state index in [1.165, 1.54) is 4.57 Å². The zero-order chi connectivity index (χ0) is 10.1. The van der Waals surface area contributed by atoms with Gasteiger partial charge < -0.3 is 5.32 Å². The summed E-state index contributed by atoms with van der Waals surface area (Å²) in [5.74, 6) is 0.0275. The molecule has 3 N–H and O–H groups in total. The molecule has 1 fully saturated rings. The predicted octanol–water partition coefficient (Wildman–Crippen LogP) is -0.315. The largest absolute Gasteiger partial charge is 0.354 e. The number of carbonyl (C=O) groups is 1. The van der Waals surface area contributed by atoms with Gasteiger partial charge in [-0.25, -0.2) is 9.89 Å². The normalized spacial score (nSPS) is 22.0. The van der Waals surface area contributed by atoms with E-state index in [1.54, 1.807) is 0 Å². The number of rotatable bonds is 1. The third-order valence-electron chi connectivity index (χ3n) is 2.32. The van der Waals surface area contributed by atoms with Gasteiger partial charge in [0.15, 0.2) is 4.77 Å². The average Bonchev–Trinajstić information content (AvgIpc) is 2.49. The van der Waals surface area contributed by atoms with Crippen molar-refractivity contribution in [3.8, 4) is 0 Å². The van der Waals surface area contributed by atoms with E-state index in [2.05, 4.69) is 15.5 Å². The second kappa shape index (κ2) is 3.41. The van der Waals surface area contributed by atoms with E-state index in [4.69, 9.17) is 12.2 Å². The zero-order valence-corrected chi connectivity index (χ0v) is 8.19. The molecule has 0 aliphatic carbocycles. The number of nitrogens with one attached hydrogen (secondary N) is 3. The van der Waals surface area contributed by atoms with E-state index in [-0.39, 0.29) is 17.6 Å². The van der Waals surface area contributed by atoms with Gasteiger partial charge in [0.25, 0.3) is 0 Å². The van der Waals surface area contributed by atoms with Gasteiger partial charge in [-0.1, -0.05) is 0 Å². The van der Waals surface area contributed by atoms with Crippen molar-refractivity contribution in [2.45, 2.75) is 18.9 Å². The van der Waals surface area contributed by atoms with Crippen LogP contribution < -0.4 is 11.0 Å². The minimum absolute atomic E-state index is 0.0275. The Hall–Kier alpha value is -1.37. The Kier molecular flexibility index (Phi) is 2.24. The summed E-state index contributed by atoms with van der Waals surface area (Å²) in [5.41, 5.74) is -0.254. The summed E-state index contributed by atoms with van der Waals surface area (Å²) in [6.45, 7) is 0.466. The quantitative estimate of drug-likeness (QED) is 0.560. The monoisotopic (exact) mass is 214 g/mol. The van der Waals surface area contributed by atoms with E-state index in [9.17, 15) is 9.59 Å². The third kappa shape index (κ3) is 1.50. The van der Waals surface area contributed by atoms with Crippen LogP contribution in [0.5, 0.6) is 0 Å². The standard InChI is InChI=1S/C7H10N4O2S/c12-5-2-1-4(3-8-5)11-6(13)9-10-7(11)14/h4H,1-3H2,(H,8,12)(H,9,13)(H,10,14). The number of carbonyl (C=O) groups excluding carboxylic acids is 1. The minimum atomic E-state index is -0.254. The highest BCUT2D eigenvalue weighted by atomic mass is 32.1. The molecule has 1 saturated heterocycles. The molecule has 6 nitrogen and oxygen atoms in total. The highest BCUT2D eigenvalue weighted by Crippen LogP contribution is 2.14. The van der Waals surface area contributed by atoms with Gasteiger partial charge in [-0.15, -0.1) is 0 Å². The first-order valence-corrected chi connectivity index (χ1v) is 4.75. The molecule has 76 valence electrons. The van der Waals surface area contributed by atoms with Crippen molar-refractivity contribution in [3.05, 3.63) is 15.3 Å². The van der Waals surface area contributed by atoms with Crippen LogP contribution in [0.2, 0.25) is 0 Å². The molecule has 14 heavy (non-hydrogen) atoms. The van der Waals surface area contributed by atoms with Crippen molar-refractivity contribution in [2.24, 2.45) is 0 Å². The van der Waals surface area contributed by atoms with Gasteiger partial charge in [-0.3, -0.25) is 14.5 Å². The van der Waals surface area contributed by atoms with Crippen LogP contribution in [-0.2, 0) is 4.79 Å². The molecule has 0 spiro atoms. The van der Waals surface area contributed by atoms with Crippen LogP contribution in [0.1, 0.15) is 18.9 Å². The Morgan fingerprint density at radius 2 is 2.14 bits per heavy atom. The molecular weight excluding hydrogens is 204 g/mol. The molecule has 1 aromatic rings. The van der Waals surface area contributed by atoms with Gasteiger partial charge in [0.2, 0.25) is 5.91 Å². The van der Waals surface area contributed by atoms with Crippen LogP contribution in [0, 0.1) is 4.77 Å². The number of piperidine rings is 1. The predicted molar refractivity (Wildman–Crippen MR) is 51.5 cm³/mol. The molecule has 0 saturated carbocycles. The third-order valence-corrected chi connectivity index (χ3v) is 2.62. The Morgan fingerprint density at radius 3 is 2.64 bits per heavy atom. The number of nitrogens with zero attached hydrogens (tertiary/aromatic N) is 1. The maximum Gasteiger partial charge on any atom is 0.342 e. The summed E-state index contributed by atoms with van der Waals surface area (Å²) in [7, 11) is 0. The molecule has 1 aliphatic rings. The number of hydrogen-bond donors (Lipinski definition) is 3. The lowest BCUT2D eigenvalue weighted by Gasteiger charge is -2.22. The fourth-order valence-corrected chi connectivity index (χ4v) is 1.87. The fraction of sp³-hybridized carbons (Fsp3) is 0.571. The molecule has 7 heteroatoms. The topological polar surface area (TPSA) is 82.7 Å². The molecule has 0 radical (unpaired) electrons. The van der Waals surface area contributed by atoms with Crippen LogP contribution in [-0.4, -0.2) is 27.2 Å². The molecule has 0 bridgehead atoms. The average molecular weight is 214 g/mol. The SMILES string of the molecule is O=C1CCC(n2c(=O)[nH][nH]c2=S)CN1. The lowest BCUT2D eigenvalue weighted by molar-refractivity contribution is -0.122. The number of H-pyrrole nitrogens is 2. The molecule has 0 aromatic carbocycles. The maximum absolute atomic E-state index is 11.3. The van der Waals surface area contributed by atoms with E-state index in [0.29, 0.717) is 24.2 Å². The summed E-state index contributed by atoms with van der Waals surface area (Å²) in [4.78, 5) is 22.2. The van der Waals surface area contributed by atoms with Gasteiger partial charge in [0.1, 0.15) is 0 Å². The number of amides is 1. The maximum atomic E-state index is 11.3. The number of aromatic amines is 2. The summed E-state index contributed by atoms with van der Waals surface area (Å²) in [6, 6.07) is -0.0322. The van der Waals surface area contributed by atoms with Crippen LogP contribution in [0.15, 0.2) is 4.79 Å². The van der Waals surface area contributed by atoms with Crippen LogP contribution in [0.4, 0.5) is 0 Å². The first-order chi connectivity index (χ1) is 6.68. The molecule has 1 aromatic heterocycles. The molecule has 1 unspecified atom stereocenters. The van der Waals surface area contributed by atoms with Crippen molar-refractivity contribution in [2.75, 3.05) is 6.54 Å². The van der Waals surface area contributed by atoms with Crippen LogP contribution >= 0.6 is 12.2 Å². The molecule has 2 rings (SSSR count). The highest BCUT2D eigenvalue weighted by molar-refractivity contribution is 7.71. The van der Waals surface area contributed by atoms with E-state index in [1.807, 2.05) is 0 Å². The van der Waals surface area contributed by atoms with Crippen molar-refractivity contribution in [1.82, 2.24) is 20.1 Å². The van der Waals surface area contributed by atoms with E-state index >= 15 is 0 Å². The van der Waals surface area contributed by atoms with Crippen molar-refractivity contribution in [1.29, 1.82) is 0 Å². The van der Waals surface area contributed by atoms with E-state index in [0.717, 1.165) is 0 Å². The second-order valence-corrected chi connectivity index (χ2v) is 3.61. The summed E-state index contributed by atoms with van der Waals surface area (Å²) < 4.78 is 1.84. The summed E-state index contributed by atoms with van der Waals surface area (Å²) in [5, 5.41) is 7.69. The van der Waals surface area contributed by atoms with Crippen LogP contribution in [0.3, 0.4) is 0 Å². The number of aromatic nitrogens is 3. The van der Waals surface area contributed by atoms with Crippen LogP contribution in [0.25, 0.3) is 0 Å². The van der Waals surface area contributed by atoms with Crippen molar-refractivity contribution >= 4 is 18.1 Å². The van der Waals surface area contributed by atoms with Gasteiger partial charge >= 0.3 is 5.69 Å². The minimum Gasteiger partial charge on any atom is -0.354 e. The summed E-state index contributed by atoms with van der Waals surface area (Å²) >= 11 is 4.95. The molecule has 2 heterocycles. The molecular formula is C7H10N4O2S. The van der Waals surface area contributed by atoms with Gasteiger partial charge in [0, 0.05) is 13.0 Å². The van der Waals surface area contributed by atoms with Gasteiger partial charge in [-0.05, 0) is 18.6 Å². The lowest BCUT2D eigenvalue weighted by Crippen LogP contribution is -2.39. The summed E-state index contributed by atoms with van der Waals surface area (Å²) in [6.07, 6.45) is 1.10. The molecule has 1 amide bonds. The zero-order valence-electron chi connectivity index (χ0n) is 7.37. The molecule has 1 aliphatic heterocycles. The van der Waals surface area contributed by atoms with Crippen molar-refractivity contribution < 1.29 is 4.79 Å². The first-order valence-electron chi connectivity index (χ1n) is 4.34. The fourth-order valence-electron chi connectivity index (χ4n) is 1.59. The smallest absolute Gasteiger partial charge is 0.342 e. The van der Waals surface area contributed by atoms with Crippen molar-refractivity contribution in [3.63, 3.8) is 0 Å².